The summed E-state index contributed by atoms with van der Waals surface area (Å²) in [4.78, 5) is 11.8. The molecule has 3 nitrogen and oxygen atoms in total. The lowest BCUT2D eigenvalue weighted by molar-refractivity contribution is -0.115. The van der Waals surface area contributed by atoms with E-state index in [4.69, 9.17) is 11.6 Å². The van der Waals surface area contributed by atoms with Crippen molar-refractivity contribution in [3.8, 4) is 0 Å². The molecule has 20 heavy (non-hydrogen) atoms. The first-order valence-corrected chi connectivity index (χ1v) is 7.35. The van der Waals surface area contributed by atoms with Crippen molar-refractivity contribution in [2.24, 2.45) is 0 Å². The second-order valence-electron chi connectivity index (χ2n) is 4.24. The molecule has 0 radical (unpaired) electrons. The Kier molecular flexibility index (Phi) is 5.44. The van der Waals surface area contributed by atoms with E-state index in [0.29, 0.717) is 18.0 Å². The predicted octanol–water partition coefficient (Wildman–Crippen LogP) is 4.54. The largest absolute Gasteiger partial charge is 0.384 e. The van der Waals surface area contributed by atoms with Gasteiger partial charge in [-0.05, 0) is 42.5 Å². The van der Waals surface area contributed by atoms with Gasteiger partial charge < -0.3 is 10.6 Å². The first kappa shape index (κ1) is 14.9. The maximum absolute atomic E-state index is 11.8. The van der Waals surface area contributed by atoms with Crippen molar-refractivity contribution in [3.63, 3.8) is 0 Å². The third-order valence-electron chi connectivity index (χ3n) is 2.63. The van der Waals surface area contributed by atoms with Crippen molar-refractivity contribution in [3.05, 3.63) is 58.0 Å². The average molecular weight is 354 g/mol. The van der Waals surface area contributed by atoms with Gasteiger partial charge in [0.25, 0.3) is 0 Å². The first-order chi connectivity index (χ1) is 9.63. The fourth-order valence-electron chi connectivity index (χ4n) is 1.68. The van der Waals surface area contributed by atoms with E-state index >= 15 is 0 Å². The molecule has 0 bridgehead atoms. The molecule has 0 heterocycles. The summed E-state index contributed by atoms with van der Waals surface area (Å²) in [6.45, 7) is 0.558. The predicted molar refractivity (Wildman–Crippen MR) is 87.3 cm³/mol. The highest BCUT2D eigenvalue weighted by Crippen LogP contribution is 2.15. The molecule has 1 amide bonds. The third-order valence-corrected chi connectivity index (χ3v) is 3.40. The molecule has 0 aromatic heterocycles. The van der Waals surface area contributed by atoms with Crippen molar-refractivity contribution in [2.45, 2.75) is 6.42 Å². The molecule has 0 atom stereocenters. The molecule has 0 unspecified atom stereocenters. The third kappa shape index (κ3) is 4.87. The van der Waals surface area contributed by atoms with Gasteiger partial charge >= 0.3 is 0 Å². The maximum atomic E-state index is 11.8. The molecule has 0 fully saturated rings. The standard InChI is InChI=1S/C15H14BrClN2O/c16-11-4-6-13(7-5-11)19-15(20)8-9-18-14-3-1-2-12(17)10-14/h1-7,10,18H,8-9H2,(H,19,20). The van der Waals surface area contributed by atoms with E-state index in [1.165, 1.54) is 0 Å². The molecule has 0 spiro atoms. The second-order valence-corrected chi connectivity index (χ2v) is 5.59. The van der Waals surface area contributed by atoms with Gasteiger partial charge in [0.15, 0.2) is 0 Å². The van der Waals surface area contributed by atoms with E-state index in [0.717, 1.165) is 15.8 Å². The normalized spacial score (nSPS) is 10.1. The van der Waals surface area contributed by atoms with Crippen LogP contribution in [0.2, 0.25) is 5.02 Å². The van der Waals surface area contributed by atoms with Crippen molar-refractivity contribution in [1.29, 1.82) is 0 Å². The van der Waals surface area contributed by atoms with Gasteiger partial charge in [-0.2, -0.15) is 0 Å². The summed E-state index contributed by atoms with van der Waals surface area (Å²) in [5.74, 6) is -0.0261. The van der Waals surface area contributed by atoms with Gasteiger partial charge in [0.05, 0.1) is 0 Å². The number of halogens is 2. The van der Waals surface area contributed by atoms with Crippen LogP contribution in [0.3, 0.4) is 0 Å². The Morgan fingerprint density at radius 1 is 1.10 bits per heavy atom. The SMILES string of the molecule is O=C(CCNc1cccc(Cl)c1)Nc1ccc(Br)cc1. The number of amides is 1. The van der Waals surface area contributed by atoms with Gasteiger partial charge in [0.1, 0.15) is 0 Å². The monoisotopic (exact) mass is 352 g/mol. The summed E-state index contributed by atoms with van der Waals surface area (Å²) >= 11 is 9.24. The summed E-state index contributed by atoms with van der Waals surface area (Å²) in [5, 5.41) is 6.67. The van der Waals surface area contributed by atoms with E-state index < -0.39 is 0 Å². The summed E-state index contributed by atoms with van der Waals surface area (Å²) < 4.78 is 0.984. The fraction of sp³-hybridized carbons (Fsp3) is 0.133. The van der Waals surface area contributed by atoms with Gasteiger partial charge in [0.2, 0.25) is 5.91 Å². The maximum Gasteiger partial charge on any atom is 0.226 e. The van der Waals surface area contributed by atoms with Crippen LogP contribution in [0, 0.1) is 0 Å². The number of nitrogens with one attached hydrogen (secondary N) is 2. The second kappa shape index (κ2) is 7.31. The minimum absolute atomic E-state index is 0.0261. The molecule has 0 saturated heterocycles. The van der Waals surface area contributed by atoms with Gasteiger partial charge in [-0.1, -0.05) is 33.6 Å². The number of anilines is 2. The molecule has 5 heteroatoms. The van der Waals surface area contributed by atoms with Crippen LogP contribution in [0.1, 0.15) is 6.42 Å². The zero-order valence-corrected chi connectivity index (χ0v) is 13.0. The van der Waals surface area contributed by atoms with Crippen molar-refractivity contribution in [2.75, 3.05) is 17.2 Å². The van der Waals surface area contributed by atoms with E-state index in [9.17, 15) is 4.79 Å². The topological polar surface area (TPSA) is 41.1 Å². The molecule has 2 N–H and O–H groups in total. The van der Waals surface area contributed by atoms with Gasteiger partial charge in [0, 0.05) is 33.8 Å². The quantitative estimate of drug-likeness (QED) is 0.828. The number of benzene rings is 2. The summed E-state index contributed by atoms with van der Waals surface area (Å²) in [6, 6.07) is 14.9. The minimum Gasteiger partial charge on any atom is -0.384 e. The molecular formula is C15H14BrClN2O. The number of rotatable bonds is 5. The fourth-order valence-corrected chi connectivity index (χ4v) is 2.13. The molecule has 2 aromatic rings. The first-order valence-electron chi connectivity index (χ1n) is 6.18. The van der Waals surface area contributed by atoms with Crippen molar-refractivity contribution >= 4 is 44.8 Å². The molecule has 0 saturated carbocycles. The highest BCUT2D eigenvalue weighted by molar-refractivity contribution is 9.10. The van der Waals surface area contributed by atoms with Gasteiger partial charge in [-0.25, -0.2) is 0 Å². The molecule has 0 aliphatic heterocycles. The lowest BCUT2D eigenvalue weighted by Gasteiger charge is -2.08. The van der Waals surface area contributed by atoms with Crippen LogP contribution >= 0.6 is 27.5 Å². The Labute approximate surface area is 131 Å². The molecule has 2 rings (SSSR count). The van der Waals surface area contributed by atoms with Crippen LogP contribution in [-0.4, -0.2) is 12.5 Å². The Bertz CT molecular complexity index is 587. The van der Waals surface area contributed by atoms with Crippen molar-refractivity contribution < 1.29 is 4.79 Å². The Morgan fingerprint density at radius 3 is 2.55 bits per heavy atom. The van der Waals surface area contributed by atoms with E-state index in [-0.39, 0.29) is 5.91 Å². The van der Waals surface area contributed by atoms with E-state index in [1.807, 2.05) is 48.5 Å². The van der Waals surface area contributed by atoms with Gasteiger partial charge in [-0.3, -0.25) is 4.79 Å². The smallest absolute Gasteiger partial charge is 0.226 e. The molecule has 0 aliphatic rings. The van der Waals surface area contributed by atoms with E-state index in [1.54, 1.807) is 0 Å². The zero-order valence-electron chi connectivity index (χ0n) is 10.7. The van der Waals surface area contributed by atoms with Crippen LogP contribution in [0.4, 0.5) is 11.4 Å². The molecular weight excluding hydrogens is 340 g/mol. The summed E-state index contributed by atoms with van der Waals surface area (Å²) in [5.41, 5.74) is 1.70. The van der Waals surface area contributed by atoms with Gasteiger partial charge in [-0.15, -0.1) is 0 Å². The average Bonchev–Trinajstić information content (AvgIpc) is 2.41. The Balaban J connectivity index is 1.76. The van der Waals surface area contributed by atoms with E-state index in [2.05, 4.69) is 26.6 Å². The number of carbonyl (C=O) groups excluding carboxylic acids is 1. The molecule has 104 valence electrons. The Morgan fingerprint density at radius 2 is 1.85 bits per heavy atom. The van der Waals surface area contributed by atoms with Crippen LogP contribution < -0.4 is 10.6 Å². The summed E-state index contributed by atoms with van der Waals surface area (Å²) in [6.07, 6.45) is 0.391. The van der Waals surface area contributed by atoms with Crippen LogP contribution in [0.15, 0.2) is 53.0 Å². The number of carbonyl (C=O) groups is 1. The van der Waals surface area contributed by atoms with Crippen molar-refractivity contribution in [1.82, 2.24) is 0 Å². The van der Waals surface area contributed by atoms with Crippen LogP contribution in [-0.2, 0) is 4.79 Å². The highest BCUT2D eigenvalue weighted by atomic mass is 79.9. The molecule has 2 aromatic carbocycles. The summed E-state index contributed by atoms with van der Waals surface area (Å²) in [7, 11) is 0. The Hall–Kier alpha value is -1.52. The zero-order chi connectivity index (χ0) is 14.4. The number of hydrogen-bond donors (Lipinski definition) is 2. The highest BCUT2D eigenvalue weighted by Gasteiger charge is 2.02. The van der Waals surface area contributed by atoms with Crippen LogP contribution in [0.25, 0.3) is 0 Å². The lowest BCUT2D eigenvalue weighted by atomic mass is 10.3. The lowest BCUT2D eigenvalue weighted by Crippen LogP contribution is -2.16. The molecule has 0 aliphatic carbocycles. The van der Waals surface area contributed by atoms with Crippen LogP contribution in [0.5, 0.6) is 0 Å². The minimum atomic E-state index is -0.0261. The number of hydrogen-bond acceptors (Lipinski definition) is 2.